The van der Waals surface area contributed by atoms with Gasteiger partial charge in [0.15, 0.2) is 0 Å². The SMILES string of the molecule is CCC(CC)N(C)CCCCCO. The van der Waals surface area contributed by atoms with E-state index < -0.39 is 0 Å². The molecule has 2 heteroatoms. The topological polar surface area (TPSA) is 23.5 Å². The molecule has 0 radical (unpaired) electrons. The summed E-state index contributed by atoms with van der Waals surface area (Å²) in [7, 11) is 2.20. The van der Waals surface area contributed by atoms with E-state index in [1.165, 1.54) is 25.8 Å². The lowest BCUT2D eigenvalue weighted by Crippen LogP contribution is -2.31. The van der Waals surface area contributed by atoms with Gasteiger partial charge in [0, 0.05) is 12.6 Å². The zero-order chi connectivity index (χ0) is 10.1. The minimum Gasteiger partial charge on any atom is -0.396 e. The molecule has 0 aliphatic rings. The largest absolute Gasteiger partial charge is 0.396 e. The maximum absolute atomic E-state index is 8.62. The fourth-order valence-corrected chi connectivity index (χ4v) is 1.74. The summed E-state index contributed by atoms with van der Waals surface area (Å²) >= 11 is 0. The molecule has 0 saturated carbocycles. The molecule has 80 valence electrons. The summed E-state index contributed by atoms with van der Waals surface area (Å²) in [5, 5.41) is 8.62. The lowest BCUT2D eigenvalue weighted by Gasteiger charge is -2.25. The van der Waals surface area contributed by atoms with Crippen LogP contribution in [0, 0.1) is 0 Å². The molecule has 0 fully saturated rings. The van der Waals surface area contributed by atoms with Gasteiger partial charge < -0.3 is 10.0 Å². The molecule has 0 unspecified atom stereocenters. The molecule has 0 atom stereocenters. The Morgan fingerprint density at radius 1 is 1.08 bits per heavy atom. The average Bonchev–Trinajstić information content (AvgIpc) is 2.14. The van der Waals surface area contributed by atoms with E-state index in [2.05, 4.69) is 25.8 Å². The quantitative estimate of drug-likeness (QED) is 0.589. The summed E-state index contributed by atoms with van der Waals surface area (Å²) in [6.45, 7) is 6.01. The lowest BCUT2D eigenvalue weighted by molar-refractivity contribution is 0.220. The van der Waals surface area contributed by atoms with Gasteiger partial charge in [-0.3, -0.25) is 0 Å². The highest BCUT2D eigenvalue weighted by Gasteiger charge is 2.08. The zero-order valence-electron chi connectivity index (χ0n) is 9.42. The van der Waals surface area contributed by atoms with E-state index in [1.54, 1.807) is 0 Å². The van der Waals surface area contributed by atoms with Crippen molar-refractivity contribution in [2.24, 2.45) is 0 Å². The Hall–Kier alpha value is -0.0800. The Balaban J connectivity index is 3.42. The van der Waals surface area contributed by atoms with Gasteiger partial charge in [-0.05, 0) is 45.7 Å². The highest BCUT2D eigenvalue weighted by molar-refractivity contribution is 4.64. The second-order valence-corrected chi connectivity index (χ2v) is 3.74. The van der Waals surface area contributed by atoms with Gasteiger partial charge in [-0.25, -0.2) is 0 Å². The average molecular weight is 187 g/mol. The van der Waals surface area contributed by atoms with E-state index in [0.29, 0.717) is 6.61 Å². The fourth-order valence-electron chi connectivity index (χ4n) is 1.74. The fraction of sp³-hybridized carbons (Fsp3) is 1.00. The van der Waals surface area contributed by atoms with Crippen molar-refractivity contribution in [2.75, 3.05) is 20.2 Å². The van der Waals surface area contributed by atoms with E-state index in [1.807, 2.05) is 0 Å². The second kappa shape index (κ2) is 8.52. The third-order valence-electron chi connectivity index (χ3n) is 2.73. The van der Waals surface area contributed by atoms with Crippen LogP contribution in [0.25, 0.3) is 0 Å². The van der Waals surface area contributed by atoms with Crippen LogP contribution in [-0.2, 0) is 0 Å². The van der Waals surface area contributed by atoms with Gasteiger partial charge in [-0.1, -0.05) is 13.8 Å². The summed E-state index contributed by atoms with van der Waals surface area (Å²) < 4.78 is 0. The molecule has 0 heterocycles. The monoisotopic (exact) mass is 187 g/mol. The van der Waals surface area contributed by atoms with Gasteiger partial charge in [-0.15, -0.1) is 0 Å². The summed E-state index contributed by atoms with van der Waals surface area (Å²) in [6.07, 6.45) is 5.81. The van der Waals surface area contributed by atoms with Gasteiger partial charge >= 0.3 is 0 Å². The number of hydrogen-bond donors (Lipinski definition) is 1. The molecule has 13 heavy (non-hydrogen) atoms. The van der Waals surface area contributed by atoms with Gasteiger partial charge in [0.05, 0.1) is 0 Å². The van der Waals surface area contributed by atoms with Crippen molar-refractivity contribution in [2.45, 2.75) is 52.0 Å². The van der Waals surface area contributed by atoms with Crippen molar-refractivity contribution < 1.29 is 5.11 Å². The second-order valence-electron chi connectivity index (χ2n) is 3.74. The van der Waals surface area contributed by atoms with Crippen molar-refractivity contribution in [1.29, 1.82) is 0 Å². The molecule has 0 aliphatic carbocycles. The Kier molecular flexibility index (Phi) is 8.46. The van der Waals surface area contributed by atoms with Gasteiger partial charge in [0.1, 0.15) is 0 Å². The first kappa shape index (κ1) is 12.9. The molecule has 0 bridgehead atoms. The maximum Gasteiger partial charge on any atom is 0.0431 e. The zero-order valence-corrected chi connectivity index (χ0v) is 9.42. The number of hydrogen-bond acceptors (Lipinski definition) is 2. The molecular weight excluding hydrogens is 162 g/mol. The first-order valence-corrected chi connectivity index (χ1v) is 5.57. The van der Waals surface area contributed by atoms with Gasteiger partial charge in [0.25, 0.3) is 0 Å². The highest BCUT2D eigenvalue weighted by atomic mass is 16.2. The molecule has 0 rings (SSSR count). The number of aliphatic hydroxyl groups excluding tert-OH is 1. The van der Waals surface area contributed by atoms with Crippen molar-refractivity contribution >= 4 is 0 Å². The molecule has 0 aromatic heterocycles. The third kappa shape index (κ3) is 6.05. The van der Waals surface area contributed by atoms with Crippen LogP contribution in [0.15, 0.2) is 0 Å². The highest BCUT2D eigenvalue weighted by Crippen LogP contribution is 2.07. The van der Waals surface area contributed by atoms with E-state index >= 15 is 0 Å². The Morgan fingerprint density at radius 3 is 2.15 bits per heavy atom. The molecule has 0 saturated heterocycles. The molecule has 0 aromatic rings. The van der Waals surface area contributed by atoms with Crippen LogP contribution < -0.4 is 0 Å². The lowest BCUT2D eigenvalue weighted by atomic mass is 10.1. The summed E-state index contributed by atoms with van der Waals surface area (Å²) in [5.41, 5.74) is 0. The summed E-state index contributed by atoms with van der Waals surface area (Å²) in [6, 6.07) is 0.745. The van der Waals surface area contributed by atoms with Crippen LogP contribution in [0.3, 0.4) is 0 Å². The van der Waals surface area contributed by atoms with Crippen LogP contribution in [0.1, 0.15) is 46.0 Å². The van der Waals surface area contributed by atoms with Crippen molar-refractivity contribution in [3.8, 4) is 0 Å². The first-order chi connectivity index (χ1) is 6.26. The van der Waals surface area contributed by atoms with Crippen molar-refractivity contribution in [1.82, 2.24) is 4.90 Å². The third-order valence-corrected chi connectivity index (χ3v) is 2.73. The Bertz CT molecular complexity index is 102. The minimum absolute atomic E-state index is 0.342. The molecule has 2 nitrogen and oxygen atoms in total. The number of rotatable bonds is 8. The molecule has 0 aliphatic heterocycles. The predicted molar refractivity (Wildman–Crippen MR) is 57.9 cm³/mol. The standard InChI is InChI=1S/C11H25NO/c1-4-11(5-2)12(3)9-7-6-8-10-13/h11,13H,4-10H2,1-3H3. The van der Waals surface area contributed by atoms with Crippen molar-refractivity contribution in [3.63, 3.8) is 0 Å². The smallest absolute Gasteiger partial charge is 0.0431 e. The number of unbranched alkanes of at least 4 members (excludes halogenated alkanes) is 2. The van der Waals surface area contributed by atoms with Crippen LogP contribution in [0.4, 0.5) is 0 Å². The number of nitrogens with zero attached hydrogens (tertiary/aromatic N) is 1. The van der Waals surface area contributed by atoms with Gasteiger partial charge in [-0.2, -0.15) is 0 Å². The van der Waals surface area contributed by atoms with Crippen molar-refractivity contribution in [3.05, 3.63) is 0 Å². The predicted octanol–water partition coefficient (Wildman–Crippen LogP) is 2.27. The molecule has 0 aromatic carbocycles. The minimum atomic E-state index is 0.342. The molecule has 1 N–H and O–H groups in total. The Labute approximate surface area is 82.9 Å². The van der Waals surface area contributed by atoms with E-state index in [0.717, 1.165) is 18.9 Å². The van der Waals surface area contributed by atoms with E-state index in [4.69, 9.17) is 5.11 Å². The first-order valence-electron chi connectivity index (χ1n) is 5.57. The van der Waals surface area contributed by atoms with E-state index in [9.17, 15) is 0 Å². The van der Waals surface area contributed by atoms with E-state index in [-0.39, 0.29) is 0 Å². The van der Waals surface area contributed by atoms with Crippen LogP contribution >= 0.6 is 0 Å². The maximum atomic E-state index is 8.62. The normalized spacial score (nSPS) is 11.5. The molecule has 0 spiro atoms. The van der Waals surface area contributed by atoms with Gasteiger partial charge in [0.2, 0.25) is 0 Å². The summed E-state index contributed by atoms with van der Waals surface area (Å²) in [5.74, 6) is 0. The Morgan fingerprint density at radius 2 is 1.69 bits per heavy atom. The molecule has 0 amide bonds. The van der Waals surface area contributed by atoms with Crippen LogP contribution in [0.5, 0.6) is 0 Å². The molecular formula is C11H25NO. The van der Waals surface area contributed by atoms with Crippen LogP contribution in [0.2, 0.25) is 0 Å². The van der Waals surface area contributed by atoms with Crippen LogP contribution in [-0.4, -0.2) is 36.2 Å². The number of aliphatic hydroxyl groups is 1. The summed E-state index contributed by atoms with van der Waals surface area (Å²) in [4.78, 5) is 2.44.